The van der Waals surface area contributed by atoms with Crippen LogP contribution in [0.1, 0.15) is 20.8 Å². The Bertz CT molecular complexity index is 247. The van der Waals surface area contributed by atoms with Crippen LogP contribution in [0.4, 0.5) is 0 Å². The SMILES string of the molecule is C=S1(=O)CCN(CC(C)(C)C)CC1. The molecular weight excluding hydrogens is 182 g/mol. The van der Waals surface area contributed by atoms with Gasteiger partial charge in [0.1, 0.15) is 0 Å². The molecule has 0 aliphatic carbocycles. The van der Waals surface area contributed by atoms with Gasteiger partial charge in [0.2, 0.25) is 0 Å². The van der Waals surface area contributed by atoms with Crippen LogP contribution in [-0.2, 0) is 9.52 Å². The van der Waals surface area contributed by atoms with E-state index in [9.17, 15) is 4.21 Å². The maximum absolute atomic E-state index is 11.6. The minimum Gasteiger partial charge on any atom is -0.301 e. The largest absolute Gasteiger partial charge is 0.301 e. The molecule has 0 radical (unpaired) electrons. The summed E-state index contributed by atoms with van der Waals surface area (Å²) in [6.07, 6.45) is 0. The summed E-state index contributed by atoms with van der Waals surface area (Å²) in [5.74, 6) is 5.32. The van der Waals surface area contributed by atoms with Crippen molar-refractivity contribution in [3.63, 3.8) is 0 Å². The molecule has 78 valence electrons. The Morgan fingerprint density at radius 3 is 2.15 bits per heavy atom. The van der Waals surface area contributed by atoms with Crippen LogP contribution < -0.4 is 0 Å². The Labute approximate surface area is 82.3 Å². The first-order valence-corrected chi connectivity index (χ1v) is 6.90. The van der Waals surface area contributed by atoms with Gasteiger partial charge in [-0.3, -0.25) is 4.21 Å². The molecule has 2 nitrogen and oxygen atoms in total. The average molecular weight is 203 g/mol. The maximum Gasteiger partial charge on any atom is 0.0287 e. The summed E-state index contributed by atoms with van der Waals surface area (Å²) in [4.78, 5) is 2.40. The molecule has 1 rings (SSSR count). The van der Waals surface area contributed by atoms with E-state index in [1.54, 1.807) is 0 Å². The monoisotopic (exact) mass is 203 g/mol. The third-order valence-corrected chi connectivity index (χ3v) is 4.11. The molecular formula is C10H21NOS. The van der Waals surface area contributed by atoms with Crippen LogP contribution in [0, 0.1) is 5.41 Å². The van der Waals surface area contributed by atoms with Gasteiger partial charge >= 0.3 is 0 Å². The van der Waals surface area contributed by atoms with Gasteiger partial charge in [0.05, 0.1) is 0 Å². The Morgan fingerprint density at radius 2 is 1.77 bits per heavy atom. The third kappa shape index (κ3) is 4.14. The Morgan fingerprint density at radius 1 is 1.31 bits per heavy atom. The molecule has 1 aliphatic rings. The summed E-state index contributed by atoms with van der Waals surface area (Å²) in [5, 5.41) is 0. The highest BCUT2D eigenvalue weighted by Gasteiger charge is 2.21. The lowest BCUT2D eigenvalue weighted by Gasteiger charge is -2.33. The molecule has 0 atom stereocenters. The molecule has 0 N–H and O–H groups in total. The molecule has 1 heterocycles. The topological polar surface area (TPSA) is 20.3 Å². The van der Waals surface area contributed by atoms with E-state index in [0.29, 0.717) is 5.41 Å². The van der Waals surface area contributed by atoms with Gasteiger partial charge in [0.25, 0.3) is 0 Å². The lowest BCUT2D eigenvalue weighted by molar-refractivity contribution is 0.205. The van der Waals surface area contributed by atoms with Crippen molar-refractivity contribution in [2.75, 3.05) is 31.1 Å². The van der Waals surface area contributed by atoms with Gasteiger partial charge in [-0.1, -0.05) is 20.8 Å². The van der Waals surface area contributed by atoms with E-state index < -0.39 is 9.52 Å². The summed E-state index contributed by atoms with van der Waals surface area (Å²) in [7, 11) is -1.71. The normalized spacial score (nSPS) is 24.5. The lowest BCUT2D eigenvalue weighted by Crippen LogP contribution is -2.43. The van der Waals surface area contributed by atoms with Crippen LogP contribution in [0.25, 0.3) is 0 Å². The summed E-state index contributed by atoms with van der Waals surface area (Å²) >= 11 is 0. The van der Waals surface area contributed by atoms with E-state index in [0.717, 1.165) is 31.1 Å². The van der Waals surface area contributed by atoms with Crippen molar-refractivity contribution in [1.29, 1.82) is 0 Å². The Balaban J connectivity index is 2.43. The van der Waals surface area contributed by atoms with E-state index in [-0.39, 0.29) is 0 Å². The Hall–Kier alpha value is -0.0200. The molecule has 0 amide bonds. The molecule has 0 bridgehead atoms. The van der Waals surface area contributed by atoms with Gasteiger partial charge < -0.3 is 4.90 Å². The smallest absolute Gasteiger partial charge is 0.0287 e. The quantitative estimate of drug-likeness (QED) is 0.594. The first kappa shape index (κ1) is 11.1. The van der Waals surface area contributed by atoms with Crippen molar-refractivity contribution < 1.29 is 4.21 Å². The zero-order valence-electron chi connectivity index (χ0n) is 9.01. The summed E-state index contributed by atoms with van der Waals surface area (Å²) in [6, 6.07) is 0. The predicted molar refractivity (Wildman–Crippen MR) is 60.9 cm³/mol. The van der Waals surface area contributed by atoms with E-state index in [1.165, 1.54) is 0 Å². The van der Waals surface area contributed by atoms with Crippen LogP contribution >= 0.6 is 0 Å². The number of rotatable bonds is 1. The van der Waals surface area contributed by atoms with E-state index >= 15 is 0 Å². The molecule has 0 spiro atoms. The van der Waals surface area contributed by atoms with Gasteiger partial charge in [-0.25, -0.2) is 0 Å². The van der Waals surface area contributed by atoms with Gasteiger partial charge in [0, 0.05) is 31.1 Å². The summed E-state index contributed by atoms with van der Waals surface area (Å²) < 4.78 is 11.6. The highest BCUT2D eigenvalue weighted by Crippen LogP contribution is 2.16. The second kappa shape index (κ2) is 3.62. The van der Waals surface area contributed by atoms with Crippen molar-refractivity contribution >= 4 is 15.4 Å². The summed E-state index contributed by atoms with van der Waals surface area (Å²) in [6.45, 7) is 9.73. The number of hydrogen-bond donors (Lipinski definition) is 0. The van der Waals surface area contributed by atoms with Gasteiger partial charge in [-0.15, -0.1) is 0 Å². The van der Waals surface area contributed by atoms with Crippen LogP contribution in [0.3, 0.4) is 0 Å². The first-order valence-electron chi connectivity index (χ1n) is 4.83. The number of hydrogen-bond acceptors (Lipinski definition) is 2. The molecule has 0 unspecified atom stereocenters. The van der Waals surface area contributed by atoms with E-state index in [2.05, 4.69) is 31.5 Å². The fraction of sp³-hybridized carbons (Fsp3) is 0.900. The molecule has 0 aromatic carbocycles. The zero-order valence-corrected chi connectivity index (χ0v) is 9.82. The van der Waals surface area contributed by atoms with Gasteiger partial charge in [-0.2, -0.15) is 0 Å². The summed E-state index contributed by atoms with van der Waals surface area (Å²) in [5.41, 5.74) is 0.347. The molecule has 0 aromatic heterocycles. The van der Waals surface area contributed by atoms with Crippen LogP contribution in [0.5, 0.6) is 0 Å². The Kier molecular flexibility index (Phi) is 3.08. The highest BCUT2D eigenvalue weighted by atomic mass is 32.2. The minimum absolute atomic E-state index is 0.347. The van der Waals surface area contributed by atoms with Gasteiger partial charge in [-0.05, 0) is 20.8 Å². The second-order valence-electron chi connectivity index (χ2n) is 5.21. The van der Waals surface area contributed by atoms with Crippen molar-refractivity contribution in [2.24, 2.45) is 5.41 Å². The number of nitrogens with zero attached hydrogens (tertiary/aromatic N) is 1. The van der Waals surface area contributed by atoms with E-state index in [1.807, 2.05) is 0 Å². The predicted octanol–water partition coefficient (Wildman–Crippen LogP) is 1.06. The molecule has 1 saturated heterocycles. The zero-order chi connectivity index (χ0) is 10.1. The first-order chi connectivity index (χ1) is 5.79. The lowest BCUT2D eigenvalue weighted by atomic mass is 9.96. The molecule has 3 heteroatoms. The third-order valence-electron chi connectivity index (χ3n) is 2.26. The molecule has 13 heavy (non-hydrogen) atoms. The van der Waals surface area contributed by atoms with Crippen LogP contribution in [0.15, 0.2) is 0 Å². The average Bonchev–Trinajstić information content (AvgIpc) is 1.91. The van der Waals surface area contributed by atoms with Crippen molar-refractivity contribution in [3.05, 3.63) is 0 Å². The van der Waals surface area contributed by atoms with Crippen LogP contribution in [-0.4, -0.2) is 46.1 Å². The van der Waals surface area contributed by atoms with E-state index in [4.69, 9.17) is 0 Å². The van der Waals surface area contributed by atoms with Crippen molar-refractivity contribution in [1.82, 2.24) is 4.90 Å². The fourth-order valence-corrected chi connectivity index (χ4v) is 3.02. The maximum atomic E-state index is 11.6. The fourth-order valence-electron chi connectivity index (χ4n) is 1.63. The molecule has 0 saturated carbocycles. The highest BCUT2D eigenvalue weighted by molar-refractivity contribution is 8.00. The van der Waals surface area contributed by atoms with Crippen molar-refractivity contribution in [3.8, 4) is 0 Å². The van der Waals surface area contributed by atoms with Gasteiger partial charge in [0.15, 0.2) is 0 Å². The van der Waals surface area contributed by atoms with Crippen molar-refractivity contribution in [2.45, 2.75) is 20.8 Å². The standard InChI is InChI=1S/C10H21NOS/c1-10(2,3)9-11-5-7-13(4,12)8-6-11/h4-9H2,1-3H3. The second-order valence-corrected chi connectivity index (χ2v) is 7.96. The minimum atomic E-state index is -1.71. The molecule has 1 aliphatic heterocycles. The molecule has 1 fully saturated rings. The van der Waals surface area contributed by atoms with Crippen LogP contribution in [0.2, 0.25) is 0 Å². The molecule has 0 aromatic rings.